The molecule has 1 aliphatic rings. The quantitative estimate of drug-likeness (QED) is 0.350. The van der Waals surface area contributed by atoms with Crippen molar-refractivity contribution in [3.05, 3.63) is 30.0 Å². The largest absolute Gasteiger partial charge is 0.458 e. The maximum absolute atomic E-state index is 8.21. The number of hydrogen-bond acceptors (Lipinski definition) is 1. The molecule has 0 saturated carbocycles. The molecule has 0 bridgehead atoms. The third kappa shape index (κ3) is 1.55. The minimum Gasteiger partial charge on any atom is -0.404 e. The van der Waals surface area contributed by atoms with Gasteiger partial charge in [-0.05, 0) is 6.08 Å². The number of rotatable bonds is 0. The van der Waals surface area contributed by atoms with E-state index >= 15 is 0 Å². The SMILES string of the molecule is [N-]=[N+]=C1CC=CC=CO1. The van der Waals surface area contributed by atoms with Crippen LogP contribution in [0.2, 0.25) is 0 Å². The maximum atomic E-state index is 8.21. The van der Waals surface area contributed by atoms with E-state index in [4.69, 9.17) is 10.3 Å². The van der Waals surface area contributed by atoms with Crippen molar-refractivity contribution in [1.29, 1.82) is 0 Å². The molecular formula is C6H6N2O. The first-order chi connectivity index (χ1) is 4.43. The summed E-state index contributed by atoms with van der Waals surface area (Å²) in [4.78, 5) is 2.90. The van der Waals surface area contributed by atoms with Crippen molar-refractivity contribution >= 4 is 5.90 Å². The highest BCUT2D eigenvalue weighted by Crippen LogP contribution is 1.94. The van der Waals surface area contributed by atoms with E-state index in [0.717, 1.165) is 0 Å². The van der Waals surface area contributed by atoms with Crippen LogP contribution in [-0.4, -0.2) is 10.7 Å². The molecule has 1 rings (SSSR count). The van der Waals surface area contributed by atoms with Gasteiger partial charge in [0, 0.05) is 0 Å². The molecule has 3 nitrogen and oxygen atoms in total. The van der Waals surface area contributed by atoms with E-state index in [1.807, 2.05) is 12.2 Å². The zero-order valence-electron chi connectivity index (χ0n) is 4.82. The van der Waals surface area contributed by atoms with Crippen LogP contribution < -0.4 is 0 Å². The lowest BCUT2D eigenvalue weighted by Crippen LogP contribution is -1.97. The molecule has 0 radical (unpaired) electrons. The Balaban J connectivity index is 2.72. The Kier molecular flexibility index (Phi) is 1.83. The Labute approximate surface area is 52.9 Å². The molecule has 0 N–H and O–H groups in total. The first-order valence-corrected chi connectivity index (χ1v) is 2.63. The lowest BCUT2D eigenvalue weighted by Gasteiger charge is -1.84. The van der Waals surface area contributed by atoms with Gasteiger partial charge in [-0.1, -0.05) is 12.2 Å². The van der Waals surface area contributed by atoms with E-state index < -0.39 is 0 Å². The Morgan fingerprint density at radius 3 is 3.22 bits per heavy atom. The molecule has 1 heterocycles. The third-order valence-corrected chi connectivity index (χ3v) is 0.934. The number of ether oxygens (including phenoxy) is 1. The molecule has 9 heavy (non-hydrogen) atoms. The average molecular weight is 122 g/mol. The Bertz CT molecular complexity index is 183. The fourth-order valence-electron chi connectivity index (χ4n) is 0.523. The summed E-state index contributed by atoms with van der Waals surface area (Å²) >= 11 is 0. The fraction of sp³-hybridized carbons (Fsp3) is 0.167. The summed E-state index contributed by atoms with van der Waals surface area (Å²) in [6, 6.07) is 0. The van der Waals surface area contributed by atoms with E-state index in [2.05, 4.69) is 4.79 Å². The molecule has 46 valence electrons. The van der Waals surface area contributed by atoms with Crippen LogP contribution in [0.1, 0.15) is 6.42 Å². The summed E-state index contributed by atoms with van der Waals surface area (Å²) in [7, 11) is 0. The summed E-state index contributed by atoms with van der Waals surface area (Å²) < 4.78 is 4.81. The topological polar surface area (TPSA) is 45.6 Å². The van der Waals surface area contributed by atoms with Crippen LogP contribution >= 0.6 is 0 Å². The van der Waals surface area contributed by atoms with Crippen molar-refractivity contribution in [2.45, 2.75) is 6.42 Å². The van der Waals surface area contributed by atoms with Gasteiger partial charge in [-0.2, -0.15) is 0 Å². The summed E-state index contributed by atoms with van der Waals surface area (Å²) in [5, 5.41) is 0. The molecule has 3 heteroatoms. The zero-order valence-corrected chi connectivity index (χ0v) is 4.82. The molecule has 0 fully saturated rings. The molecule has 0 atom stereocenters. The molecule has 0 aliphatic carbocycles. The van der Waals surface area contributed by atoms with Crippen molar-refractivity contribution in [2.75, 3.05) is 0 Å². The Morgan fingerprint density at radius 2 is 2.44 bits per heavy atom. The molecule has 0 spiro atoms. The molecule has 0 aromatic rings. The third-order valence-electron chi connectivity index (χ3n) is 0.934. The molecular weight excluding hydrogens is 116 g/mol. The minimum absolute atomic E-state index is 0.319. The zero-order chi connectivity index (χ0) is 6.53. The second kappa shape index (κ2) is 2.84. The van der Waals surface area contributed by atoms with Crippen molar-refractivity contribution in [3.63, 3.8) is 0 Å². The van der Waals surface area contributed by atoms with E-state index in [1.165, 1.54) is 6.26 Å². The van der Waals surface area contributed by atoms with Crippen LogP contribution in [0.4, 0.5) is 0 Å². The predicted octanol–water partition coefficient (Wildman–Crippen LogP) is 1.10. The second-order valence-corrected chi connectivity index (χ2v) is 1.57. The number of allylic oxidation sites excluding steroid dienone is 2. The van der Waals surface area contributed by atoms with E-state index in [0.29, 0.717) is 12.3 Å². The molecule has 0 unspecified atom stereocenters. The maximum Gasteiger partial charge on any atom is 0.458 e. The normalized spacial score (nSPS) is 16.2. The van der Waals surface area contributed by atoms with Crippen LogP contribution in [0.15, 0.2) is 24.5 Å². The van der Waals surface area contributed by atoms with E-state index in [-0.39, 0.29) is 0 Å². The molecule has 0 aromatic carbocycles. The second-order valence-electron chi connectivity index (χ2n) is 1.57. The van der Waals surface area contributed by atoms with Crippen molar-refractivity contribution in [3.8, 4) is 0 Å². The monoisotopic (exact) mass is 122 g/mol. The Morgan fingerprint density at radius 1 is 1.56 bits per heavy atom. The van der Waals surface area contributed by atoms with Crippen LogP contribution in [-0.2, 0) is 4.74 Å². The highest BCUT2D eigenvalue weighted by Gasteiger charge is 2.04. The van der Waals surface area contributed by atoms with Crippen molar-refractivity contribution in [1.82, 2.24) is 0 Å². The summed E-state index contributed by atoms with van der Waals surface area (Å²) in [5.74, 6) is 0.319. The van der Waals surface area contributed by atoms with Crippen LogP contribution in [0, 0.1) is 0 Å². The molecule has 0 aromatic heterocycles. The van der Waals surface area contributed by atoms with Gasteiger partial charge in [0.25, 0.3) is 0 Å². The van der Waals surface area contributed by atoms with Gasteiger partial charge in [0.05, 0.1) is 6.26 Å². The van der Waals surface area contributed by atoms with Crippen molar-refractivity contribution < 1.29 is 9.53 Å². The highest BCUT2D eigenvalue weighted by molar-refractivity contribution is 5.72. The number of hydrogen-bond donors (Lipinski definition) is 0. The summed E-state index contributed by atoms with van der Waals surface area (Å²) in [6.45, 7) is 0. The first kappa shape index (κ1) is 5.79. The van der Waals surface area contributed by atoms with E-state index in [1.54, 1.807) is 6.08 Å². The fourth-order valence-corrected chi connectivity index (χ4v) is 0.523. The van der Waals surface area contributed by atoms with Gasteiger partial charge in [0.2, 0.25) is 0 Å². The van der Waals surface area contributed by atoms with Gasteiger partial charge in [0.15, 0.2) is 0 Å². The minimum atomic E-state index is 0.319. The van der Waals surface area contributed by atoms with Gasteiger partial charge in [-0.15, -0.1) is 4.79 Å². The smallest absolute Gasteiger partial charge is 0.404 e. The van der Waals surface area contributed by atoms with Gasteiger partial charge >= 0.3 is 5.90 Å². The van der Waals surface area contributed by atoms with Gasteiger partial charge in [-0.25, -0.2) is 0 Å². The lowest BCUT2D eigenvalue weighted by molar-refractivity contribution is -0.0341. The summed E-state index contributed by atoms with van der Waals surface area (Å²) in [6.07, 6.45) is 7.43. The molecule has 1 aliphatic heterocycles. The highest BCUT2D eigenvalue weighted by atomic mass is 16.5. The molecule has 0 amide bonds. The van der Waals surface area contributed by atoms with Crippen LogP contribution in [0.3, 0.4) is 0 Å². The first-order valence-electron chi connectivity index (χ1n) is 2.63. The van der Waals surface area contributed by atoms with Gasteiger partial charge < -0.3 is 10.3 Å². The Hall–Kier alpha value is -1.34. The summed E-state index contributed by atoms with van der Waals surface area (Å²) in [5.41, 5.74) is 8.21. The number of nitrogens with zero attached hydrogens (tertiary/aromatic N) is 2. The lowest BCUT2D eigenvalue weighted by atomic mass is 10.4. The average Bonchev–Trinajstić information content (AvgIpc) is 2.13. The van der Waals surface area contributed by atoms with Crippen LogP contribution in [0.5, 0.6) is 0 Å². The van der Waals surface area contributed by atoms with Crippen molar-refractivity contribution in [2.24, 2.45) is 0 Å². The molecule has 0 saturated heterocycles. The van der Waals surface area contributed by atoms with Gasteiger partial charge in [-0.3, -0.25) is 0 Å². The van der Waals surface area contributed by atoms with Gasteiger partial charge in [0.1, 0.15) is 6.42 Å². The van der Waals surface area contributed by atoms with Crippen LogP contribution in [0.25, 0.3) is 5.53 Å². The standard InChI is InChI=1S/C6H6N2O/c7-8-6-4-2-1-3-5-9-6/h1-3,5H,4H2. The van der Waals surface area contributed by atoms with E-state index in [9.17, 15) is 0 Å². The predicted molar refractivity (Wildman–Crippen MR) is 32.6 cm³/mol.